The molecule has 1 unspecified atom stereocenters. The van der Waals surface area contributed by atoms with E-state index in [2.05, 4.69) is 27.2 Å². The van der Waals surface area contributed by atoms with Crippen molar-refractivity contribution in [3.63, 3.8) is 0 Å². The number of hydrogen-bond acceptors (Lipinski definition) is 4. The second-order valence-corrected chi connectivity index (χ2v) is 5.54. The fourth-order valence-electron chi connectivity index (χ4n) is 2.02. The molecule has 3 aromatic rings. The van der Waals surface area contributed by atoms with Gasteiger partial charge in [0.05, 0.1) is 28.3 Å². The Morgan fingerprint density at radius 2 is 2.21 bits per heavy atom. The number of imidazole rings is 1. The highest BCUT2D eigenvalue weighted by atomic mass is 32.1. The van der Waals surface area contributed by atoms with Crippen LogP contribution in [-0.4, -0.2) is 15.0 Å². The van der Waals surface area contributed by atoms with Crippen molar-refractivity contribution in [3.05, 3.63) is 46.2 Å². The van der Waals surface area contributed by atoms with E-state index in [1.54, 1.807) is 11.3 Å². The molecule has 0 saturated heterocycles. The number of nitrogens with one attached hydrogen (secondary N) is 2. The van der Waals surface area contributed by atoms with Gasteiger partial charge >= 0.3 is 0 Å². The van der Waals surface area contributed by atoms with Gasteiger partial charge in [-0.3, -0.25) is 0 Å². The zero-order valence-electron chi connectivity index (χ0n) is 11.0. The first kappa shape index (κ1) is 12.3. The predicted octanol–water partition coefficient (Wildman–Crippen LogP) is 3.18. The molecule has 1 aromatic carbocycles. The first-order chi connectivity index (χ1) is 9.24. The molecule has 0 saturated carbocycles. The molecule has 98 valence electrons. The molecule has 4 nitrogen and oxygen atoms in total. The second-order valence-electron chi connectivity index (χ2n) is 4.60. The van der Waals surface area contributed by atoms with Gasteiger partial charge in [0.2, 0.25) is 0 Å². The van der Waals surface area contributed by atoms with Crippen LogP contribution in [0.2, 0.25) is 0 Å². The van der Waals surface area contributed by atoms with Gasteiger partial charge in [0, 0.05) is 11.4 Å². The summed E-state index contributed by atoms with van der Waals surface area (Å²) >= 11 is 1.69. The zero-order chi connectivity index (χ0) is 13.2. The third-order valence-electron chi connectivity index (χ3n) is 3.23. The maximum absolute atomic E-state index is 4.60. The summed E-state index contributed by atoms with van der Waals surface area (Å²) in [4.78, 5) is 13.5. The molecule has 0 aliphatic rings. The summed E-state index contributed by atoms with van der Waals surface area (Å²) in [5.41, 5.74) is 5.09. The van der Waals surface area contributed by atoms with Gasteiger partial charge < -0.3 is 10.3 Å². The topological polar surface area (TPSA) is 53.6 Å². The number of para-hydroxylation sites is 2. The van der Waals surface area contributed by atoms with E-state index < -0.39 is 0 Å². The third kappa shape index (κ3) is 2.52. The van der Waals surface area contributed by atoms with Crippen LogP contribution >= 0.6 is 11.3 Å². The molecule has 0 fully saturated rings. The average Bonchev–Trinajstić information content (AvgIpc) is 3.01. The number of thiazole rings is 1. The number of rotatable bonds is 4. The molecule has 1 atom stereocenters. The van der Waals surface area contributed by atoms with E-state index in [4.69, 9.17) is 0 Å². The summed E-state index contributed by atoms with van der Waals surface area (Å²) in [5, 5.41) is 3.48. The lowest BCUT2D eigenvalue weighted by Gasteiger charge is -2.10. The predicted molar refractivity (Wildman–Crippen MR) is 78.2 cm³/mol. The van der Waals surface area contributed by atoms with Gasteiger partial charge in [0.15, 0.2) is 0 Å². The quantitative estimate of drug-likeness (QED) is 0.767. The highest BCUT2D eigenvalue weighted by Crippen LogP contribution is 2.17. The highest BCUT2D eigenvalue weighted by molar-refractivity contribution is 7.09. The third-order valence-corrected chi connectivity index (χ3v) is 4.17. The van der Waals surface area contributed by atoms with E-state index in [0.717, 1.165) is 29.1 Å². The molecule has 0 aliphatic heterocycles. The van der Waals surface area contributed by atoms with Crippen molar-refractivity contribution in [2.45, 2.75) is 26.4 Å². The van der Waals surface area contributed by atoms with Crippen LogP contribution < -0.4 is 5.32 Å². The molecule has 0 spiro atoms. The molecule has 2 aromatic heterocycles. The van der Waals surface area contributed by atoms with E-state index in [1.807, 2.05) is 36.7 Å². The van der Waals surface area contributed by atoms with Crippen molar-refractivity contribution in [1.82, 2.24) is 20.3 Å². The average molecular weight is 272 g/mol. The second kappa shape index (κ2) is 5.11. The molecular formula is C14H16N4S. The highest BCUT2D eigenvalue weighted by Gasteiger charge is 2.11. The number of aryl methyl sites for hydroxylation is 1. The largest absolute Gasteiger partial charge is 0.341 e. The fraction of sp³-hybridized carbons (Fsp3) is 0.286. The van der Waals surface area contributed by atoms with Crippen molar-refractivity contribution in [1.29, 1.82) is 0 Å². The van der Waals surface area contributed by atoms with Crippen LogP contribution in [0.15, 0.2) is 29.8 Å². The van der Waals surface area contributed by atoms with Crippen molar-refractivity contribution in [3.8, 4) is 0 Å². The molecular weight excluding hydrogens is 256 g/mol. The van der Waals surface area contributed by atoms with E-state index in [9.17, 15) is 0 Å². The van der Waals surface area contributed by atoms with Crippen LogP contribution in [0, 0.1) is 6.92 Å². The number of fused-ring (bicyclic) bond motifs is 1. The van der Waals surface area contributed by atoms with Crippen LogP contribution in [-0.2, 0) is 6.54 Å². The van der Waals surface area contributed by atoms with Crippen molar-refractivity contribution < 1.29 is 0 Å². The van der Waals surface area contributed by atoms with Crippen molar-refractivity contribution in [2.24, 2.45) is 0 Å². The smallest absolute Gasteiger partial charge is 0.124 e. The van der Waals surface area contributed by atoms with E-state index in [-0.39, 0.29) is 6.04 Å². The van der Waals surface area contributed by atoms with Gasteiger partial charge in [-0.15, -0.1) is 11.3 Å². The van der Waals surface area contributed by atoms with Gasteiger partial charge in [-0.25, -0.2) is 9.97 Å². The summed E-state index contributed by atoms with van der Waals surface area (Å²) < 4.78 is 0. The summed E-state index contributed by atoms with van der Waals surface area (Å²) in [6.45, 7) is 4.99. The minimum absolute atomic E-state index is 0.189. The Kier molecular flexibility index (Phi) is 3.31. The molecule has 19 heavy (non-hydrogen) atoms. The van der Waals surface area contributed by atoms with Crippen LogP contribution in [0.1, 0.15) is 29.4 Å². The van der Waals surface area contributed by atoms with Crippen LogP contribution in [0.4, 0.5) is 0 Å². The number of H-pyrrole nitrogens is 1. The molecule has 5 heteroatoms. The van der Waals surface area contributed by atoms with Gasteiger partial charge in [-0.1, -0.05) is 12.1 Å². The maximum Gasteiger partial charge on any atom is 0.124 e. The minimum atomic E-state index is 0.189. The Labute approximate surface area is 115 Å². The molecule has 0 aliphatic carbocycles. The Bertz CT molecular complexity index is 652. The summed E-state index contributed by atoms with van der Waals surface area (Å²) in [5.74, 6) is 0.975. The van der Waals surface area contributed by atoms with Crippen LogP contribution in [0.5, 0.6) is 0 Å². The normalized spacial score (nSPS) is 12.9. The Morgan fingerprint density at radius 1 is 1.37 bits per heavy atom. The first-order valence-corrected chi connectivity index (χ1v) is 7.19. The summed E-state index contributed by atoms with van der Waals surface area (Å²) in [6.07, 6.45) is 0. The van der Waals surface area contributed by atoms with Crippen LogP contribution in [0.25, 0.3) is 11.0 Å². The Balaban J connectivity index is 1.73. The number of aromatic nitrogens is 3. The van der Waals surface area contributed by atoms with Gasteiger partial charge in [0.25, 0.3) is 0 Å². The number of nitrogens with zero attached hydrogens (tertiary/aromatic N) is 2. The molecule has 0 bridgehead atoms. The van der Waals surface area contributed by atoms with Crippen molar-refractivity contribution >= 4 is 22.4 Å². The lowest BCUT2D eigenvalue weighted by atomic mass is 10.3. The number of aromatic amines is 1. The van der Waals surface area contributed by atoms with Gasteiger partial charge in [-0.2, -0.15) is 0 Å². The van der Waals surface area contributed by atoms with Gasteiger partial charge in [-0.05, 0) is 26.0 Å². The van der Waals surface area contributed by atoms with Crippen LogP contribution in [0.3, 0.4) is 0 Å². The maximum atomic E-state index is 4.60. The Morgan fingerprint density at radius 3 is 2.95 bits per heavy atom. The Hall–Kier alpha value is -1.72. The monoisotopic (exact) mass is 272 g/mol. The molecule has 0 radical (unpaired) electrons. The lowest BCUT2D eigenvalue weighted by Crippen LogP contribution is -2.19. The first-order valence-electron chi connectivity index (χ1n) is 6.31. The zero-order valence-corrected chi connectivity index (χ0v) is 11.8. The van der Waals surface area contributed by atoms with E-state index >= 15 is 0 Å². The summed E-state index contributed by atoms with van der Waals surface area (Å²) in [6, 6.07) is 8.28. The lowest BCUT2D eigenvalue weighted by molar-refractivity contribution is 0.554. The summed E-state index contributed by atoms with van der Waals surface area (Å²) in [7, 11) is 0. The van der Waals surface area contributed by atoms with Crippen molar-refractivity contribution in [2.75, 3.05) is 0 Å². The van der Waals surface area contributed by atoms with E-state index in [1.165, 1.54) is 4.88 Å². The number of hydrogen-bond donors (Lipinski definition) is 2. The minimum Gasteiger partial charge on any atom is -0.341 e. The number of benzene rings is 1. The standard InChI is InChI=1S/C14H16N4S/c1-9-13(19-8-16-9)7-15-10(2)14-17-11-5-3-4-6-12(11)18-14/h3-6,8,10,15H,7H2,1-2H3,(H,17,18). The molecule has 2 N–H and O–H groups in total. The molecule has 0 amide bonds. The molecule has 3 rings (SSSR count). The van der Waals surface area contributed by atoms with Gasteiger partial charge in [0.1, 0.15) is 5.82 Å². The SMILES string of the molecule is Cc1ncsc1CNC(C)c1nc2ccccc2[nH]1. The fourth-order valence-corrected chi connectivity index (χ4v) is 2.74. The van der Waals surface area contributed by atoms with E-state index in [0.29, 0.717) is 0 Å². The molecule has 2 heterocycles.